The number of hydrogen-bond donors (Lipinski definition) is 1. The van der Waals surface area contributed by atoms with Crippen LogP contribution >= 0.6 is 11.6 Å². The molecule has 0 radical (unpaired) electrons. The highest BCUT2D eigenvalue weighted by Crippen LogP contribution is 2.17. The number of amides is 1. The summed E-state index contributed by atoms with van der Waals surface area (Å²) >= 11 is 5.78. The molecule has 0 unspecified atom stereocenters. The summed E-state index contributed by atoms with van der Waals surface area (Å²) in [5.41, 5.74) is 7.03. The zero-order chi connectivity index (χ0) is 17.1. The Kier molecular flexibility index (Phi) is 8.72. The molecule has 2 N–H and O–H groups in total. The molecule has 1 aromatic rings. The van der Waals surface area contributed by atoms with Crippen molar-refractivity contribution in [3.05, 3.63) is 53.7 Å². The quantitative estimate of drug-likeness (QED) is 0.682. The van der Waals surface area contributed by atoms with Gasteiger partial charge in [0.2, 0.25) is 5.91 Å². The van der Waals surface area contributed by atoms with E-state index in [-0.39, 0.29) is 5.91 Å². The van der Waals surface area contributed by atoms with Gasteiger partial charge in [-0.15, -0.1) is 0 Å². The second-order valence-corrected chi connectivity index (χ2v) is 5.23. The van der Waals surface area contributed by atoms with Crippen molar-refractivity contribution in [2.24, 2.45) is 10.7 Å². The topological polar surface area (TPSA) is 67.9 Å². The van der Waals surface area contributed by atoms with Gasteiger partial charge in [0.15, 0.2) is 0 Å². The summed E-state index contributed by atoms with van der Waals surface area (Å²) in [6, 6.07) is 7.34. The highest BCUT2D eigenvalue weighted by molar-refractivity contribution is 6.30. The molecule has 0 aliphatic carbocycles. The molecule has 6 heteroatoms. The summed E-state index contributed by atoms with van der Waals surface area (Å²) in [6.07, 6.45) is 4.55. The molecule has 1 aliphatic rings. The number of allylic oxidation sites excluding steroid dienone is 1. The Morgan fingerprint density at radius 2 is 2.13 bits per heavy atom. The van der Waals surface area contributed by atoms with Crippen molar-refractivity contribution < 1.29 is 9.53 Å². The number of rotatable bonds is 3. The van der Waals surface area contributed by atoms with Crippen molar-refractivity contribution >= 4 is 29.4 Å². The van der Waals surface area contributed by atoms with E-state index in [4.69, 9.17) is 22.1 Å². The minimum absolute atomic E-state index is 0.00306. The van der Waals surface area contributed by atoms with E-state index in [9.17, 15) is 4.79 Å². The number of morpholine rings is 1. The van der Waals surface area contributed by atoms with Gasteiger partial charge in [0, 0.05) is 24.3 Å². The van der Waals surface area contributed by atoms with Gasteiger partial charge in [-0.05, 0) is 43.0 Å². The van der Waals surface area contributed by atoms with E-state index in [0.717, 1.165) is 11.3 Å². The Morgan fingerprint density at radius 1 is 1.43 bits per heavy atom. The molecule has 124 valence electrons. The summed E-state index contributed by atoms with van der Waals surface area (Å²) < 4.78 is 5.07. The molecule has 1 heterocycles. The maximum absolute atomic E-state index is 10.9. The third-order valence-electron chi connectivity index (χ3n) is 2.99. The van der Waals surface area contributed by atoms with E-state index in [1.165, 1.54) is 12.3 Å². The molecule has 1 aromatic carbocycles. The summed E-state index contributed by atoms with van der Waals surface area (Å²) in [5, 5.41) is 0.684. The van der Waals surface area contributed by atoms with Crippen LogP contribution in [0.25, 0.3) is 0 Å². The Bertz CT molecular complexity index is 579. The molecule has 2 rings (SSSR count). The van der Waals surface area contributed by atoms with Gasteiger partial charge in [-0.1, -0.05) is 24.2 Å². The number of halogens is 1. The second-order valence-electron chi connectivity index (χ2n) is 4.79. The molecule has 0 atom stereocenters. The number of carbonyl (C=O) groups is 1. The first kappa shape index (κ1) is 18.9. The lowest BCUT2D eigenvalue weighted by molar-refractivity contribution is -0.129. The van der Waals surface area contributed by atoms with Crippen molar-refractivity contribution in [2.75, 3.05) is 26.3 Å². The maximum atomic E-state index is 10.9. The minimum atomic E-state index is 0.00306. The van der Waals surface area contributed by atoms with Crippen LogP contribution in [0.2, 0.25) is 5.02 Å². The number of aliphatic imine (C=N–C) groups is 1. The van der Waals surface area contributed by atoms with Gasteiger partial charge in [0.25, 0.3) is 0 Å². The normalized spacial score (nSPS) is 15.0. The number of nitrogens with zero attached hydrogens (tertiary/aromatic N) is 2. The van der Waals surface area contributed by atoms with Crippen molar-refractivity contribution in [2.45, 2.75) is 6.92 Å². The standard InChI is InChI=1S/C10H11ClN2.C7H11NO2/c1-8(6-12)7-13-10-4-2-3-9(11)5-10;1-2-7(9)8-3-5-10-6-4-8/h2-7H,12H2,1H3;2H,1,3-6H2/b8-6-,13-7?;. The number of carbonyl (C=O) groups excluding carboxylic acids is 1. The number of benzene rings is 1. The van der Waals surface area contributed by atoms with Crippen LogP contribution in [0, 0.1) is 0 Å². The minimum Gasteiger partial charge on any atom is -0.404 e. The highest BCUT2D eigenvalue weighted by atomic mass is 35.5. The van der Waals surface area contributed by atoms with E-state index >= 15 is 0 Å². The van der Waals surface area contributed by atoms with Crippen LogP contribution in [-0.2, 0) is 9.53 Å². The van der Waals surface area contributed by atoms with Gasteiger partial charge in [-0.3, -0.25) is 9.79 Å². The van der Waals surface area contributed by atoms with Crippen LogP contribution in [0.3, 0.4) is 0 Å². The molecule has 1 aliphatic heterocycles. The summed E-state index contributed by atoms with van der Waals surface area (Å²) in [6.45, 7) is 7.99. The van der Waals surface area contributed by atoms with E-state index < -0.39 is 0 Å². The first-order valence-corrected chi connectivity index (χ1v) is 7.62. The molecular formula is C17H22ClN3O2. The number of ether oxygens (including phenoxy) is 1. The van der Waals surface area contributed by atoms with Gasteiger partial charge in [0.05, 0.1) is 18.9 Å². The molecule has 23 heavy (non-hydrogen) atoms. The molecule has 0 spiro atoms. The molecule has 0 aromatic heterocycles. The van der Waals surface area contributed by atoms with Crippen LogP contribution in [-0.4, -0.2) is 43.3 Å². The average Bonchev–Trinajstić information content (AvgIpc) is 2.60. The SMILES string of the molecule is C/C(C=Nc1cccc(Cl)c1)=C/N.C=CC(=O)N1CCOCC1. The van der Waals surface area contributed by atoms with Gasteiger partial charge < -0.3 is 15.4 Å². The second kappa shape index (κ2) is 10.6. The van der Waals surface area contributed by atoms with Crippen molar-refractivity contribution in [3.8, 4) is 0 Å². The predicted octanol–water partition coefficient (Wildman–Crippen LogP) is 2.94. The molecule has 5 nitrogen and oxygen atoms in total. The summed E-state index contributed by atoms with van der Waals surface area (Å²) in [5.74, 6) is 0.00306. The number of hydrogen-bond acceptors (Lipinski definition) is 4. The van der Waals surface area contributed by atoms with Gasteiger partial charge in [-0.25, -0.2) is 0 Å². The zero-order valence-corrected chi connectivity index (χ0v) is 14.0. The Labute approximate surface area is 142 Å². The zero-order valence-electron chi connectivity index (χ0n) is 13.2. The Balaban J connectivity index is 0.000000238. The van der Waals surface area contributed by atoms with Crippen LogP contribution in [0.1, 0.15) is 6.92 Å². The fourth-order valence-electron chi connectivity index (χ4n) is 1.69. The first-order chi connectivity index (χ1) is 11.1. The van der Waals surface area contributed by atoms with E-state index in [1.54, 1.807) is 17.2 Å². The van der Waals surface area contributed by atoms with Gasteiger partial charge >= 0.3 is 0 Å². The van der Waals surface area contributed by atoms with E-state index in [1.807, 2.05) is 25.1 Å². The van der Waals surface area contributed by atoms with Gasteiger partial charge in [-0.2, -0.15) is 0 Å². The van der Waals surface area contributed by atoms with Gasteiger partial charge in [0.1, 0.15) is 0 Å². The van der Waals surface area contributed by atoms with Crippen LogP contribution < -0.4 is 5.73 Å². The lowest BCUT2D eigenvalue weighted by Gasteiger charge is -2.25. The lowest BCUT2D eigenvalue weighted by Crippen LogP contribution is -2.39. The number of nitrogens with two attached hydrogens (primary N) is 1. The molecule has 1 saturated heterocycles. The molecule has 0 bridgehead atoms. The molecular weight excluding hydrogens is 314 g/mol. The van der Waals surface area contributed by atoms with Crippen molar-refractivity contribution in [3.63, 3.8) is 0 Å². The van der Waals surface area contributed by atoms with Crippen molar-refractivity contribution in [1.29, 1.82) is 0 Å². The molecule has 1 amide bonds. The largest absolute Gasteiger partial charge is 0.404 e. The average molecular weight is 336 g/mol. The summed E-state index contributed by atoms with van der Waals surface area (Å²) in [4.78, 5) is 16.8. The smallest absolute Gasteiger partial charge is 0.246 e. The maximum Gasteiger partial charge on any atom is 0.246 e. The monoisotopic (exact) mass is 335 g/mol. The summed E-state index contributed by atoms with van der Waals surface area (Å²) in [7, 11) is 0. The van der Waals surface area contributed by atoms with E-state index in [2.05, 4.69) is 11.6 Å². The molecule has 0 saturated carbocycles. The van der Waals surface area contributed by atoms with Crippen LogP contribution in [0.5, 0.6) is 0 Å². The predicted molar refractivity (Wildman–Crippen MR) is 95.1 cm³/mol. The fraction of sp³-hybridized carbons (Fsp3) is 0.294. The Morgan fingerprint density at radius 3 is 2.70 bits per heavy atom. The lowest BCUT2D eigenvalue weighted by atomic mass is 10.3. The Hall–Kier alpha value is -2.11. The first-order valence-electron chi connectivity index (χ1n) is 7.24. The highest BCUT2D eigenvalue weighted by Gasteiger charge is 2.12. The van der Waals surface area contributed by atoms with Crippen LogP contribution in [0.4, 0.5) is 5.69 Å². The van der Waals surface area contributed by atoms with Crippen molar-refractivity contribution in [1.82, 2.24) is 4.90 Å². The fourth-order valence-corrected chi connectivity index (χ4v) is 1.87. The van der Waals surface area contributed by atoms with Crippen LogP contribution in [0.15, 0.2) is 53.7 Å². The molecule has 1 fully saturated rings. The van der Waals surface area contributed by atoms with E-state index in [0.29, 0.717) is 31.3 Å². The third-order valence-corrected chi connectivity index (χ3v) is 3.22. The third kappa shape index (κ3) is 7.63.